The second kappa shape index (κ2) is 12.7. The third-order valence-electron chi connectivity index (χ3n) is 4.48. The summed E-state index contributed by atoms with van der Waals surface area (Å²) in [5, 5.41) is 0. The van der Waals surface area contributed by atoms with Crippen LogP contribution in [0.5, 0.6) is 5.75 Å². The number of carbonyl (C=O) groups excluding carboxylic acids is 1. The van der Waals surface area contributed by atoms with Gasteiger partial charge in [0.2, 0.25) is 0 Å². The van der Waals surface area contributed by atoms with E-state index in [9.17, 15) is 4.79 Å². The highest BCUT2D eigenvalue weighted by Crippen LogP contribution is 2.18. The van der Waals surface area contributed by atoms with Crippen LogP contribution in [0.1, 0.15) is 64.9 Å². The van der Waals surface area contributed by atoms with Crippen molar-refractivity contribution in [3.8, 4) is 17.1 Å². The number of esters is 1. The summed E-state index contributed by atoms with van der Waals surface area (Å²) in [6.07, 6.45) is 14.4. The predicted octanol–water partition coefficient (Wildman–Crippen LogP) is 5.85. The van der Waals surface area contributed by atoms with Crippen molar-refractivity contribution in [1.29, 1.82) is 0 Å². The van der Waals surface area contributed by atoms with Crippen LogP contribution in [0, 0.1) is 0 Å². The molecule has 0 amide bonds. The van der Waals surface area contributed by atoms with Crippen molar-refractivity contribution in [2.75, 3.05) is 6.61 Å². The van der Waals surface area contributed by atoms with Crippen molar-refractivity contribution < 1.29 is 14.3 Å². The number of nitrogens with zero attached hydrogens (tertiary/aromatic N) is 2. The number of unbranched alkanes of at least 4 members (excludes halogenated alkanes) is 5. The van der Waals surface area contributed by atoms with Gasteiger partial charge in [0, 0.05) is 12.5 Å². The van der Waals surface area contributed by atoms with Gasteiger partial charge < -0.3 is 9.47 Å². The summed E-state index contributed by atoms with van der Waals surface area (Å²) in [7, 11) is 0. The van der Waals surface area contributed by atoms with Gasteiger partial charge in [-0.25, -0.2) is 9.97 Å². The minimum atomic E-state index is -0.283. The molecule has 0 saturated carbocycles. The molecular weight excluding hydrogens is 364 g/mol. The Balaban J connectivity index is 1.80. The summed E-state index contributed by atoms with van der Waals surface area (Å²) < 4.78 is 10.8. The fourth-order valence-corrected chi connectivity index (χ4v) is 2.90. The Labute approximate surface area is 174 Å². The first-order valence-electron chi connectivity index (χ1n) is 10.5. The molecule has 1 atom stereocenters. The molecule has 1 aromatic carbocycles. The SMILES string of the molecule is CCCCCCCCOc1cnc(-c2ccc(C=CC(C)OC(C)=O)cc2)nc1. The number of hydrogen-bond donors (Lipinski definition) is 0. The summed E-state index contributed by atoms with van der Waals surface area (Å²) in [5.41, 5.74) is 1.96. The Morgan fingerprint density at radius 1 is 1.03 bits per heavy atom. The van der Waals surface area contributed by atoms with E-state index in [0.717, 1.165) is 17.5 Å². The maximum Gasteiger partial charge on any atom is 0.303 e. The fraction of sp³-hybridized carbons (Fsp3) is 0.458. The maximum absolute atomic E-state index is 10.9. The Kier molecular flexibility index (Phi) is 9.90. The van der Waals surface area contributed by atoms with Crippen LogP contribution < -0.4 is 4.74 Å². The zero-order chi connectivity index (χ0) is 20.9. The number of carbonyl (C=O) groups is 1. The van der Waals surface area contributed by atoms with Crippen LogP contribution in [0.15, 0.2) is 42.7 Å². The van der Waals surface area contributed by atoms with Crippen LogP contribution in [0.4, 0.5) is 0 Å². The smallest absolute Gasteiger partial charge is 0.303 e. The molecule has 0 aliphatic rings. The molecule has 1 aromatic heterocycles. The lowest BCUT2D eigenvalue weighted by Crippen LogP contribution is -2.08. The molecule has 1 heterocycles. The average Bonchev–Trinajstić information content (AvgIpc) is 2.72. The van der Waals surface area contributed by atoms with Crippen LogP contribution in [-0.4, -0.2) is 28.6 Å². The molecule has 2 aromatic rings. The molecule has 0 saturated heterocycles. The van der Waals surface area contributed by atoms with E-state index in [1.165, 1.54) is 39.0 Å². The van der Waals surface area contributed by atoms with E-state index in [4.69, 9.17) is 9.47 Å². The van der Waals surface area contributed by atoms with E-state index < -0.39 is 0 Å². The molecule has 0 spiro atoms. The molecule has 0 radical (unpaired) electrons. The molecule has 0 N–H and O–H groups in total. The van der Waals surface area contributed by atoms with Crippen molar-refractivity contribution in [1.82, 2.24) is 9.97 Å². The lowest BCUT2D eigenvalue weighted by atomic mass is 10.1. The zero-order valence-electron chi connectivity index (χ0n) is 17.8. The van der Waals surface area contributed by atoms with Crippen LogP contribution in [0.3, 0.4) is 0 Å². The first-order valence-corrected chi connectivity index (χ1v) is 10.5. The van der Waals surface area contributed by atoms with E-state index in [-0.39, 0.29) is 12.1 Å². The highest BCUT2D eigenvalue weighted by atomic mass is 16.5. The lowest BCUT2D eigenvalue weighted by Gasteiger charge is -2.07. The Hall–Kier alpha value is -2.69. The molecule has 29 heavy (non-hydrogen) atoms. The summed E-state index contributed by atoms with van der Waals surface area (Å²) in [4.78, 5) is 19.8. The van der Waals surface area contributed by atoms with Crippen molar-refractivity contribution in [2.24, 2.45) is 0 Å². The highest BCUT2D eigenvalue weighted by molar-refractivity contribution is 5.66. The minimum absolute atomic E-state index is 0.251. The molecule has 0 aliphatic carbocycles. The van der Waals surface area contributed by atoms with Crippen LogP contribution >= 0.6 is 0 Å². The van der Waals surface area contributed by atoms with Gasteiger partial charge >= 0.3 is 5.97 Å². The molecule has 0 bridgehead atoms. The third kappa shape index (κ3) is 8.90. The molecule has 156 valence electrons. The summed E-state index contributed by atoms with van der Waals surface area (Å²) in [5.74, 6) is 1.09. The second-order valence-electron chi connectivity index (χ2n) is 7.15. The Morgan fingerprint density at radius 2 is 1.69 bits per heavy atom. The Morgan fingerprint density at radius 3 is 2.34 bits per heavy atom. The van der Waals surface area contributed by atoms with Crippen molar-refractivity contribution in [3.63, 3.8) is 0 Å². The summed E-state index contributed by atoms with van der Waals surface area (Å²) >= 11 is 0. The van der Waals surface area contributed by atoms with Gasteiger partial charge in [0.25, 0.3) is 0 Å². The van der Waals surface area contributed by atoms with Crippen LogP contribution in [-0.2, 0) is 9.53 Å². The molecule has 0 fully saturated rings. The van der Waals surface area contributed by atoms with E-state index in [1.54, 1.807) is 12.4 Å². The van der Waals surface area contributed by atoms with Gasteiger partial charge in [-0.3, -0.25) is 4.79 Å². The normalized spacial score (nSPS) is 12.1. The first kappa shape index (κ1) is 22.6. The van der Waals surface area contributed by atoms with Gasteiger partial charge in [-0.2, -0.15) is 0 Å². The molecular formula is C24H32N2O3. The number of ether oxygens (including phenoxy) is 2. The van der Waals surface area contributed by atoms with Crippen molar-refractivity contribution in [3.05, 3.63) is 48.3 Å². The highest BCUT2D eigenvalue weighted by Gasteiger charge is 2.03. The standard InChI is InChI=1S/C24H32N2O3/c1-4-5-6-7-8-9-16-28-23-17-25-24(26-18-23)22-14-12-21(13-15-22)11-10-19(2)29-20(3)27/h10-15,17-19H,4-9,16H2,1-3H3. The van der Waals surface area contributed by atoms with Gasteiger partial charge in [-0.1, -0.05) is 69.4 Å². The monoisotopic (exact) mass is 396 g/mol. The van der Waals surface area contributed by atoms with Crippen LogP contribution in [0.25, 0.3) is 17.5 Å². The average molecular weight is 397 g/mol. The van der Waals surface area contributed by atoms with Crippen molar-refractivity contribution >= 4 is 12.0 Å². The van der Waals surface area contributed by atoms with Crippen LogP contribution in [0.2, 0.25) is 0 Å². The molecule has 2 rings (SSSR count). The van der Waals surface area contributed by atoms with E-state index in [2.05, 4.69) is 16.9 Å². The second-order valence-corrected chi connectivity index (χ2v) is 7.15. The minimum Gasteiger partial charge on any atom is -0.490 e. The number of aromatic nitrogens is 2. The fourth-order valence-electron chi connectivity index (χ4n) is 2.90. The molecule has 5 heteroatoms. The molecule has 5 nitrogen and oxygen atoms in total. The van der Waals surface area contributed by atoms with E-state index in [1.807, 2.05) is 43.3 Å². The van der Waals surface area contributed by atoms with Gasteiger partial charge in [-0.15, -0.1) is 0 Å². The maximum atomic E-state index is 10.9. The number of benzene rings is 1. The zero-order valence-corrected chi connectivity index (χ0v) is 17.8. The number of rotatable bonds is 12. The molecule has 1 unspecified atom stereocenters. The third-order valence-corrected chi connectivity index (χ3v) is 4.48. The quantitative estimate of drug-likeness (QED) is 0.333. The van der Waals surface area contributed by atoms with Gasteiger partial charge in [0.1, 0.15) is 6.10 Å². The van der Waals surface area contributed by atoms with Gasteiger partial charge in [0.15, 0.2) is 11.6 Å². The van der Waals surface area contributed by atoms with Gasteiger partial charge in [-0.05, 0) is 25.0 Å². The first-order chi connectivity index (χ1) is 14.1. The lowest BCUT2D eigenvalue weighted by molar-refractivity contribution is -0.143. The van der Waals surface area contributed by atoms with Crippen molar-refractivity contribution in [2.45, 2.75) is 65.4 Å². The Bertz CT molecular complexity index is 755. The summed E-state index contributed by atoms with van der Waals surface area (Å²) in [6, 6.07) is 7.92. The summed E-state index contributed by atoms with van der Waals surface area (Å²) in [6.45, 7) is 6.18. The van der Waals surface area contributed by atoms with E-state index in [0.29, 0.717) is 18.2 Å². The van der Waals surface area contributed by atoms with E-state index >= 15 is 0 Å². The molecule has 0 aliphatic heterocycles. The predicted molar refractivity (Wildman–Crippen MR) is 117 cm³/mol. The topological polar surface area (TPSA) is 61.3 Å². The largest absolute Gasteiger partial charge is 0.490 e. The van der Waals surface area contributed by atoms with Gasteiger partial charge in [0.05, 0.1) is 19.0 Å². The number of hydrogen-bond acceptors (Lipinski definition) is 5.